The van der Waals surface area contributed by atoms with E-state index in [-0.39, 0.29) is 0 Å². The van der Waals surface area contributed by atoms with Gasteiger partial charge in [0.05, 0.1) is 4.61 Å². The molecule has 0 radical (unpaired) electrons. The minimum atomic E-state index is -1.21. The van der Waals surface area contributed by atoms with Crippen LogP contribution in [-0.2, 0) is 0 Å². The Morgan fingerprint density at radius 3 is 2.23 bits per heavy atom. The maximum atomic E-state index is 5.32. The number of unbranched alkanes of at least 4 members (excludes halogenated alkanes) is 3. The van der Waals surface area contributed by atoms with E-state index in [0.29, 0.717) is 0 Å². The Bertz CT molecular complexity index is 151. The highest BCUT2D eigenvalue weighted by molar-refractivity contribution is 7.84. The highest BCUT2D eigenvalue weighted by atomic mass is 32.1. The lowest BCUT2D eigenvalue weighted by molar-refractivity contribution is 0.656. The van der Waals surface area contributed by atoms with Crippen molar-refractivity contribution in [2.75, 3.05) is 6.54 Å². The normalized spacial score (nSPS) is 11.4. The summed E-state index contributed by atoms with van der Waals surface area (Å²) in [5.41, 5.74) is 0. The third-order valence-corrected chi connectivity index (χ3v) is 5.52. The van der Waals surface area contributed by atoms with Crippen LogP contribution < -0.4 is 5.32 Å². The fourth-order valence-electron chi connectivity index (χ4n) is 1.02. The van der Waals surface area contributed by atoms with E-state index in [9.17, 15) is 0 Å². The predicted molar refractivity (Wildman–Crippen MR) is 68.1 cm³/mol. The van der Waals surface area contributed by atoms with Crippen molar-refractivity contribution in [1.82, 2.24) is 5.32 Å². The molecule has 0 aromatic rings. The average molecular weight is 217 g/mol. The van der Waals surface area contributed by atoms with E-state index in [2.05, 4.69) is 31.9 Å². The molecule has 0 aromatic heterocycles. The highest BCUT2D eigenvalue weighted by Crippen LogP contribution is 2.02. The largest absolute Gasteiger partial charge is 0.383 e. The summed E-state index contributed by atoms with van der Waals surface area (Å²) in [6.07, 6.45) is 5.25. The Kier molecular flexibility index (Phi) is 6.60. The third-order valence-electron chi connectivity index (χ3n) is 2.00. The molecule has 0 unspecified atom stereocenters. The summed E-state index contributed by atoms with van der Waals surface area (Å²) in [6, 6.07) is 0. The van der Waals surface area contributed by atoms with Crippen molar-refractivity contribution in [1.29, 1.82) is 0 Å². The van der Waals surface area contributed by atoms with Crippen molar-refractivity contribution in [2.45, 2.75) is 52.2 Å². The Labute approximate surface area is 89.3 Å². The summed E-state index contributed by atoms with van der Waals surface area (Å²) in [7, 11) is -1.21. The smallest absolute Gasteiger partial charge is 0.112 e. The van der Waals surface area contributed by atoms with Crippen molar-refractivity contribution in [3.8, 4) is 0 Å². The van der Waals surface area contributed by atoms with Crippen LogP contribution >= 0.6 is 12.2 Å². The zero-order valence-corrected chi connectivity index (χ0v) is 11.3. The first-order chi connectivity index (χ1) is 5.98. The van der Waals surface area contributed by atoms with E-state index in [1.54, 1.807) is 0 Å². The minimum absolute atomic E-state index is 1.07. The van der Waals surface area contributed by atoms with Gasteiger partial charge in [-0.05, 0) is 6.42 Å². The van der Waals surface area contributed by atoms with Gasteiger partial charge in [-0.3, -0.25) is 0 Å². The molecule has 0 heterocycles. The van der Waals surface area contributed by atoms with Crippen molar-refractivity contribution in [3.63, 3.8) is 0 Å². The first kappa shape index (κ1) is 13.1. The Balaban J connectivity index is 3.38. The van der Waals surface area contributed by atoms with Crippen molar-refractivity contribution in [3.05, 3.63) is 0 Å². The van der Waals surface area contributed by atoms with Crippen molar-refractivity contribution >= 4 is 24.9 Å². The summed E-state index contributed by atoms with van der Waals surface area (Å²) in [5.74, 6) is 0. The molecule has 0 saturated heterocycles. The van der Waals surface area contributed by atoms with Gasteiger partial charge >= 0.3 is 0 Å². The van der Waals surface area contributed by atoms with Gasteiger partial charge in [-0.25, -0.2) is 0 Å². The lowest BCUT2D eigenvalue weighted by atomic mass is 10.2. The summed E-state index contributed by atoms with van der Waals surface area (Å²) >= 11 is 5.32. The molecule has 0 aliphatic carbocycles. The van der Waals surface area contributed by atoms with E-state index in [4.69, 9.17) is 12.2 Å². The summed E-state index contributed by atoms with van der Waals surface area (Å²) < 4.78 is 1.13. The van der Waals surface area contributed by atoms with E-state index < -0.39 is 8.07 Å². The van der Waals surface area contributed by atoms with Gasteiger partial charge in [0.15, 0.2) is 0 Å². The molecule has 0 amide bonds. The topological polar surface area (TPSA) is 12.0 Å². The fraction of sp³-hybridized carbons (Fsp3) is 0.900. The van der Waals surface area contributed by atoms with Crippen LogP contribution in [0.25, 0.3) is 0 Å². The van der Waals surface area contributed by atoms with Gasteiger partial charge in [-0.1, -0.05) is 58.0 Å². The summed E-state index contributed by atoms with van der Waals surface area (Å²) in [6.45, 7) is 10.2. The molecule has 3 heteroatoms. The minimum Gasteiger partial charge on any atom is -0.383 e. The van der Waals surface area contributed by atoms with Crippen LogP contribution in [0.3, 0.4) is 0 Å². The predicted octanol–water partition coefficient (Wildman–Crippen LogP) is 3.36. The van der Waals surface area contributed by atoms with Crippen LogP contribution in [0.4, 0.5) is 0 Å². The molecule has 0 rings (SSSR count). The number of nitrogens with one attached hydrogen (secondary N) is 1. The van der Waals surface area contributed by atoms with Gasteiger partial charge in [0.1, 0.15) is 8.07 Å². The molecule has 0 atom stereocenters. The maximum absolute atomic E-state index is 5.32. The molecule has 0 aliphatic heterocycles. The molecule has 1 N–H and O–H groups in total. The van der Waals surface area contributed by atoms with Gasteiger partial charge in [-0.15, -0.1) is 0 Å². The molecule has 0 spiro atoms. The fourth-order valence-corrected chi connectivity index (χ4v) is 1.78. The molecule has 0 bridgehead atoms. The lowest BCUT2D eigenvalue weighted by Crippen LogP contribution is -2.42. The van der Waals surface area contributed by atoms with E-state index in [1.807, 2.05) is 0 Å². The second kappa shape index (κ2) is 6.54. The maximum Gasteiger partial charge on any atom is 0.112 e. The molecule has 0 saturated carbocycles. The Hall–Kier alpha value is 0.107. The van der Waals surface area contributed by atoms with E-state index in [0.717, 1.165) is 11.2 Å². The monoisotopic (exact) mass is 217 g/mol. The first-order valence-corrected chi connectivity index (χ1v) is 9.17. The standard InChI is InChI=1S/C10H23NSSi/c1-5-6-7-8-9-11-10(12)13(2,3)4/h5-9H2,1-4H3,(H,11,12). The third kappa shape index (κ3) is 7.20. The van der Waals surface area contributed by atoms with E-state index >= 15 is 0 Å². The van der Waals surface area contributed by atoms with E-state index in [1.165, 1.54) is 25.7 Å². The van der Waals surface area contributed by atoms with Crippen LogP contribution in [0.1, 0.15) is 32.6 Å². The van der Waals surface area contributed by atoms with Gasteiger partial charge in [-0.2, -0.15) is 0 Å². The average Bonchev–Trinajstić information content (AvgIpc) is 2.02. The van der Waals surface area contributed by atoms with Gasteiger partial charge in [0, 0.05) is 6.54 Å². The number of hydrogen-bond acceptors (Lipinski definition) is 1. The van der Waals surface area contributed by atoms with Crippen molar-refractivity contribution in [2.24, 2.45) is 0 Å². The molecule has 0 aromatic carbocycles. The molecular weight excluding hydrogens is 194 g/mol. The number of hydrogen-bond donors (Lipinski definition) is 1. The number of rotatable bonds is 6. The van der Waals surface area contributed by atoms with Gasteiger partial charge in [0.2, 0.25) is 0 Å². The molecule has 1 nitrogen and oxygen atoms in total. The molecule has 13 heavy (non-hydrogen) atoms. The Morgan fingerprint density at radius 1 is 1.15 bits per heavy atom. The summed E-state index contributed by atoms with van der Waals surface area (Å²) in [5, 5.41) is 3.37. The summed E-state index contributed by atoms with van der Waals surface area (Å²) in [4.78, 5) is 0. The molecule has 78 valence electrons. The van der Waals surface area contributed by atoms with Gasteiger partial charge in [0.25, 0.3) is 0 Å². The molecule has 0 aliphatic rings. The van der Waals surface area contributed by atoms with Gasteiger partial charge < -0.3 is 5.32 Å². The van der Waals surface area contributed by atoms with Crippen LogP contribution in [0.5, 0.6) is 0 Å². The SMILES string of the molecule is CCCCCCNC(=S)[Si](C)(C)C. The van der Waals surface area contributed by atoms with Crippen LogP contribution in [0.2, 0.25) is 19.6 Å². The van der Waals surface area contributed by atoms with Crippen LogP contribution in [-0.4, -0.2) is 19.2 Å². The van der Waals surface area contributed by atoms with Crippen LogP contribution in [0, 0.1) is 0 Å². The first-order valence-electron chi connectivity index (χ1n) is 5.26. The second-order valence-electron chi connectivity index (χ2n) is 4.57. The second-order valence-corrected chi connectivity index (χ2v) is 10.3. The molecular formula is C10H23NSSi. The quantitative estimate of drug-likeness (QED) is 0.416. The van der Waals surface area contributed by atoms with Crippen LogP contribution in [0.15, 0.2) is 0 Å². The number of thiocarbonyl (C=S) groups is 1. The highest BCUT2D eigenvalue weighted by Gasteiger charge is 2.18. The lowest BCUT2D eigenvalue weighted by Gasteiger charge is -2.18. The van der Waals surface area contributed by atoms with Crippen molar-refractivity contribution < 1.29 is 0 Å². The zero-order chi connectivity index (χ0) is 10.3. The zero-order valence-electron chi connectivity index (χ0n) is 9.44. The Morgan fingerprint density at radius 2 is 1.77 bits per heavy atom. The molecule has 0 fully saturated rings.